The molecular weight excluding hydrogens is 277 g/mol. The SMILES string of the molecule is O=C(O)C(CF)Oc1ccc(Cl)cc1-c1ccno1. The van der Waals surface area contributed by atoms with Gasteiger partial charge in [0.2, 0.25) is 6.10 Å². The van der Waals surface area contributed by atoms with Crippen molar-refractivity contribution in [3.8, 4) is 17.1 Å². The van der Waals surface area contributed by atoms with E-state index in [-0.39, 0.29) is 5.75 Å². The van der Waals surface area contributed by atoms with E-state index in [9.17, 15) is 9.18 Å². The van der Waals surface area contributed by atoms with Gasteiger partial charge in [0.15, 0.2) is 5.76 Å². The Hall–Kier alpha value is -2.08. The predicted octanol–water partition coefficient (Wildman–Crippen LogP) is 2.80. The largest absolute Gasteiger partial charge is 0.478 e. The number of alkyl halides is 1. The van der Waals surface area contributed by atoms with Crippen molar-refractivity contribution >= 4 is 17.6 Å². The lowest BCUT2D eigenvalue weighted by molar-refractivity contribution is -0.145. The van der Waals surface area contributed by atoms with Crippen LogP contribution in [-0.4, -0.2) is 29.0 Å². The molecule has 1 aromatic heterocycles. The number of halogens is 2. The van der Waals surface area contributed by atoms with Crippen LogP contribution >= 0.6 is 11.6 Å². The molecule has 7 heteroatoms. The van der Waals surface area contributed by atoms with Crippen molar-refractivity contribution in [2.24, 2.45) is 0 Å². The highest BCUT2D eigenvalue weighted by molar-refractivity contribution is 6.30. The molecule has 0 amide bonds. The van der Waals surface area contributed by atoms with Gasteiger partial charge in [-0.25, -0.2) is 9.18 Å². The van der Waals surface area contributed by atoms with Crippen LogP contribution in [0.4, 0.5) is 4.39 Å². The second kappa shape index (κ2) is 5.71. The zero-order valence-corrected chi connectivity index (χ0v) is 10.3. The molecule has 0 spiro atoms. The van der Waals surface area contributed by atoms with E-state index in [1.807, 2.05) is 0 Å². The first kappa shape index (κ1) is 13.4. The highest BCUT2D eigenvalue weighted by Crippen LogP contribution is 2.33. The highest BCUT2D eigenvalue weighted by Gasteiger charge is 2.21. The Kier molecular flexibility index (Phi) is 4.01. The standard InChI is InChI=1S/C12H9ClFNO4/c13-7-1-2-9(18-11(6-14)12(16)17)8(5-7)10-3-4-15-19-10/h1-5,11H,6H2,(H,16,17). The lowest BCUT2D eigenvalue weighted by Crippen LogP contribution is -2.29. The molecule has 1 N–H and O–H groups in total. The van der Waals surface area contributed by atoms with Gasteiger partial charge in [-0.05, 0) is 18.2 Å². The van der Waals surface area contributed by atoms with E-state index in [1.165, 1.54) is 24.4 Å². The molecule has 0 saturated carbocycles. The Morgan fingerprint density at radius 2 is 2.32 bits per heavy atom. The Morgan fingerprint density at radius 3 is 2.89 bits per heavy atom. The van der Waals surface area contributed by atoms with Crippen molar-refractivity contribution in [3.63, 3.8) is 0 Å². The molecule has 0 aliphatic rings. The van der Waals surface area contributed by atoms with Gasteiger partial charge in [0.1, 0.15) is 12.4 Å². The first-order chi connectivity index (χ1) is 9.11. The molecule has 0 bridgehead atoms. The molecule has 1 aromatic carbocycles. The summed E-state index contributed by atoms with van der Waals surface area (Å²) in [5.74, 6) is -0.882. The molecule has 2 rings (SSSR count). The number of hydrogen-bond acceptors (Lipinski definition) is 4. The van der Waals surface area contributed by atoms with Crippen molar-refractivity contribution in [3.05, 3.63) is 35.5 Å². The molecule has 0 aliphatic heterocycles. The summed E-state index contributed by atoms with van der Waals surface area (Å²) < 4.78 is 22.7. The van der Waals surface area contributed by atoms with Crippen LogP contribution < -0.4 is 4.74 Å². The number of nitrogens with zero attached hydrogens (tertiary/aromatic N) is 1. The summed E-state index contributed by atoms with van der Waals surface area (Å²) in [4.78, 5) is 10.8. The monoisotopic (exact) mass is 285 g/mol. The van der Waals surface area contributed by atoms with Gasteiger partial charge in [-0.2, -0.15) is 0 Å². The molecule has 5 nitrogen and oxygen atoms in total. The second-order valence-corrected chi connectivity index (χ2v) is 4.05. The smallest absolute Gasteiger partial charge is 0.347 e. The maximum Gasteiger partial charge on any atom is 0.347 e. The van der Waals surface area contributed by atoms with E-state index in [1.54, 1.807) is 6.07 Å². The minimum atomic E-state index is -1.58. The van der Waals surface area contributed by atoms with E-state index in [4.69, 9.17) is 26.0 Å². The topological polar surface area (TPSA) is 72.6 Å². The van der Waals surface area contributed by atoms with Crippen LogP contribution in [0.3, 0.4) is 0 Å². The van der Waals surface area contributed by atoms with Gasteiger partial charge < -0.3 is 14.4 Å². The summed E-state index contributed by atoms with van der Waals surface area (Å²) in [6, 6.07) is 6.04. The Balaban J connectivity index is 2.37. The van der Waals surface area contributed by atoms with Gasteiger partial charge in [-0.1, -0.05) is 16.8 Å². The van der Waals surface area contributed by atoms with Crippen LogP contribution in [0.5, 0.6) is 5.75 Å². The van der Waals surface area contributed by atoms with Gasteiger partial charge in [-0.3, -0.25) is 0 Å². The van der Waals surface area contributed by atoms with Gasteiger partial charge in [0.05, 0.1) is 11.8 Å². The average Bonchev–Trinajstić information content (AvgIpc) is 2.90. The zero-order valence-electron chi connectivity index (χ0n) is 9.55. The maximum atomic E-state index is 12.6. The Labute approximate surface area is 112 Å². The number of aromatic nitrogens is 1. The van der Waals surface area contributed by atoms with Crippen LogP contribution in [0, 0.1) is 0 Å². The third kappa shape index (κ3) is 3.03. The first-order valence-corrected chi connectivity index (χ1v) is 5.65. The summed E-state index contributed by atoms with van der Waals surface area (Å²) in [5.41, 5.74) is 0.407. The van der Waals surface area contributed by atoms with Crippen LogP contribution in [0.2, 0.25) is 5.02 Å². The molecule has 19 heavy (non-hydrogen) atoms. The van der Waals surface area contributed by atoms with Crippen LogP contribution in [0.1, 0.15) is 0 Å². The number of ether oxygens (including phenoxy) is 1. The molecule has 1 atom stereocenters. The van der Waals surface area contributed by atoms with E-state index in [0.717, 1.165) is 0 Å². The molecule has 0 aliphatic carbocycles. The van der Waals surface area contributed by atoms with Crippen molar-refractivity contribution in [1.29, 1.82) is 0 Å². The summed E-state index contributed by atoms with van der Waals surface area (Å²) in [6.45, 7) is -1.15. The minimum Gasteiger partial charge on any atom is -0.478 e. The third-order valence-electron chi connectivity index (χ3n) is 2.33. The number of rotatable bonds is 5. The number of carboxylic acids is 1. The number of benzene rings is 1. The van der Waals surface area contributed by atoms with Crippen LogP contribution in [-0.2, 0) is 4.79 Å². The van der Waals surface area contributed by atoms with E-state index >= 15 is 0 Å². The molecule has 1 heterocycles. The van der Waals surface area contributed by atoms with E-state index in [0.29, 0.717) is 16.3 Å². The van der Waals surface area contributed by atoms with Gasteiger partial charge >= 0.3 is 5.97 Å². The van der Waals surface area contributed by atoms with Gasteiger partial charge in [0.25, 0.3) is 0 Å². The first-order valence-electron chi connectivity index (χ1n) is 5.28. The number of carboxylic acid groups (broad SMARTS) is 1. The fourth-order valence-electron chi connectivity index (χ4n) is 1.45. The lowest BCUT2D eigenvalue weighted by atomic mass is 10.1. The normalized spacial score (nSPS) is 12.1. The average molecular weight is 286 g/mol. The number of aliphatic carboxylic acids is 1. The summed E-state index contributed by atoms with van der Waals surface area (Å²) in [5, 5.41) is 12.7. The lowest BCUT2D eigenvalue weighted by Gasteiger charge is -2.14. The van der Waals surface area contributed by atoms with Crippen molar-refractivity contribution < 1.29 is 23.6 Å². The summed E-state index contributed by atoms with van der Waals surface area (Å²) in [6.07, 6.45) is -0.160. The summed E-state index contributed by atoms with van der Waals surface area (Å²) >= 11 is 5.86. The summed E-state index contributed by atoms with van der Waals surface area (Å²) in [7, 11) is 0. The second-order valence-electron chi connectivity index (χ2n) is 3.62. The van der Waals surface area contributed by atoms with Crippen LogP contribution in [0.25, 0.3) is 11.3 Å². The Morgan fingerprint density at radius 1 is 1.53 bits per heavy atom. The molecular formula is C12H9ClFNO4. The Bertz CT molecular complexity index is 573. The number of carbonyl (C=O) groups is 1. The minimum absolute atomic E-state index is 0.159. The van der Waals surface area contributed by atoms with Crippen LogP contribution in [0.15, 0.2) is 35.0 Å². The highest BCUT2D eigenvalue weighted by atomic mass is 35.5. The van der Waals surface area contributed by atoms with E-state index < -0.39 is 18.7 Å². The zero-order chi connectivity index (χ0) is 13.8. The van der Waals surface area contributed by atoms with Gasteiger partial charge in [-0.15, -0.1) is 0 Å². The molecule has 0 fully saturated rings. The predicted molar refractivity (Wildman–Crippen MR) is 65.0 cm³/mol. The van der Waals surface area contributed by atoms with Crippen molar-refractivity contribution in [2.75, 3.05) is 6.67 Å². The maximum absolute atomic E-state index is 12.6. The quantitative estimate of drug-likeness (QED) is 0.914. The molecule has 1 unspecified atom stereocenters. The third-order valence-corrected chi connectivity index (χ3v) is 2.56. The van der Waals surface area contributed by atoms with Gasteiger partial charge in [0, 0.05) is 11.1 Å². The number of hydrogen-bond donors (Lipinski definition) is 1. The fraction of sp³-hybridized carbons (Fsp3) is 0.167. The molecule has 0 radical (unpaired) electrons. The molecule has 2 aromatic rings. The van der Waals surface area contributed by atoms with Crippen molar-refractivity contribution in [1.82, 2.24) is 5.16 Å². The molecule has 0 saturated heterocycles. The van der Waals surface area contributed by atoms with E-state index in [2.05, 4.69) is 5.16 Å². The fourth-order valence-corrected chi connectivity index (χ4v) is 1.63. The van der Waals surface area contributed by atoms with Crippen molar-refractivity contribution in [2.45, 2.75) is 6.10 Å². The molecule has 100 valence electrons.